The van der Waals surface area contributed by atoms with E-state index in [0.717, 1.165) is 50.4 Å². The lowest BCUT2D eigenvalue weighted by Gasteiger charge is -2.60. The van der Waals surface area contributed by atoms with Gasteiger partial charge >= 0.3 is 0 Å². The van der Waals surface area contributed by atoms with E-state index in [1.807, 2.05) is 0 Å². The number of ketones is 1. The van der Waals surface area contributed by atoms with E-state index in [2.05, 4.69) is 18.6 Å². The third-order valence-electron chi connectivity index (χ3n) is 8.64. The highest BCUT2D eigenvalue weighted by Crippen LogP contribution is 2.65. The van der Waals surface area contributed by atoms with Crippen molar-refractivity contribution in [1.29, 1.82) is 0 Å². The maximum absolute atomic E-state index is 12.5. The Kier molecular flexibility index (Phi) is 4.21. The number of rotatable bonds is 2. The normalized spacial score (nSPS) is 52.3. The van der Waals surface area contributed by atoms with E-state index < -0.39 is 11.3 Å². The van der Waals surface area contributed by atoms with Crippen LogP contribution in [0.2, 0.25) is 0 Å². The van der Waals surface area contributed by atoms with E-state index in [1.54, 1.807) is 0 Å². The standard InChI is InChI=1S/C19H31NO3S/c1-18-9-7-13(20-24(22)23)11-12(18)3-4-14-15-5-6-17(21)19(15,2)10-8-16(14)18/h12-16,20H,3-11H2,1-2H3,(H,22,23)/t12-,13+,14-,15-,16-,18-,19-/m0/s1. The van der Waals surface area contributed by atoms with Crippen LogP contribution in [-0.4, -0.2) is 20.6 Å². The number of carbonyl (C=O) groups is 1. The van der Waals surface area contributed by atoms with Gasteiger partial charge in [-0.25, -0.2) is 8.93 Å². The van der Waals surface area contributed by atoms with E-state index in [0.29, 0.717) is 23.0 Å². The molecule has 0 aromatic carbocycles. The molecule has 2 N–H and O–H groups in total. The number of hydrogen-bond acceptors (Lipinski definition) is 2. The monoisotopic (exact) mass is 353 g/mol. The van der Waals surface area contributed by atoms with Crippen LogP contribution < -0.4 is 4.72 Å². The van der Waals surface area contributed by atoms with Gasteiger partial charge in [0.1, 0.15) is 5.78 Å². The van der Waals surface area contributed by atoms with Crippen molar-refractivity contribution in [3.8, 4) is 0 Å². The Balaban J connectivity index is 1.54. The lowest BCUT2D eigenvalue weighted by molar-refractivity contribution is -0.139. The molecule has 0 radical (unpaired) electrons. The molecule has 0 aromatic heterocycles. The second-order valence-electron chi connectivity index (χ2n) is 9.41. The fourth-order valence-electron chi connectivity index (χ4n) is 7.28. The Labute approximate surface area is 148 Å². The molecule has 0 saturated heterocycles. The first kappa shape index (κ1) is 17.2. The highest BCUT2D eigenvalue weighted by atomic mass is 32.2. The third-order valence-corrected chi connectivity index (χ3v) is 9.18. The van der Waals surface area contributed by atoms with E-state index in [1.165, 1.54) is 19.3 Å². The SMILES string of the molecule is C[C@]12CC[C@@H](NS(=O)O)C[C@@H]1CC[C@@H]1[C@@H]2CC[C@]2(C)C(=O)CC[C@@H]12. The topological polar surface area (TPSA) is 66.4 Å². The molecule has 4 rings (SSSR count). The average Bonchev–Trinajstić information content (AvgIpc) is 2.83. The van der Waals surface area contributed by atoms with Crippen LogP contribution in [0.4, 0.5) is 0 Å². The molecule has 0 amide bonds. The molecule has 24 heavy (non-hydrogen) atoms. The zero-order chi connectivity index (χ0) is 17.1. The van der Waals surface area contributed by atoms with Crippen LogP contribution in [-0.2, 0) is 16.1 Å². The van der Waals surface area contributed by atoms with E-state index in [-0.39, 0.29) is 11.5 Å². The van der Waals surface area contributed by atoms with Crippen molar-refractivity contribution in [3.63, 3.8) is 0 Å². The second kappa shape index (κ2) is 5.88. The minimum absolute atomic E-state index is 0.0308. The van der Waals surface area contributed by atoms with Gasteiger partial charge < -0.3 is 0 Å². The van der Waals surface area contributed by atoms with Crippen LogP contribution in [0, 0.1) is 34.5 Å². The van der Waals surface area contributed by atoms with Crippen LogP contribution in [0.3, 0.4) is 0 Å². The minimum atomic E-state index is -1.90. The molecule has 0 spiro atoms. The first-order valence-electron chi connectivity index (χ1n) is 9.75. The fourth-order valence-corrected chi connectivity index (χ4v) is 7.78. The van der Waals surface area contributed by atoms with Crippen LogP contribution in [0.5, 0.6) is 0 Å². The molecule has 0 heterocycles. The molecular weight excluding hydrogens is 322 g/mol. The van der Waals surface area contributed by atoms with Crippen LogP contribution in [0.1, 0.15) is 71.6 Å². The number of Topliss-reactive ketones (excluding diaryl/α,β-unsaturated/α-hetero) is 1. The summed E-state index contributed by atoms with van der Waals surface area (Å²) in [5.41, 5.74) is 0.335. The summed E-state index contributed by atoms with van der Waals surface area (Å²) in [6.07, 6.45) is 9.90. The van der Waals surface area contributed by atoms with Gasteiger partial charge in [-0.1, -0.05) is 13.8 Å². The van der Waals surface area contributed by atoms with Gasteiger partial charge in [0.25, 0.3) is 0 Å². The minimum Gasteiger partial charge on any atom is -0.299 e. The van der Waals surface area contributed by atoms with Gasteiger partial charge in [-0.2, -0.15) is 0 Å². The van der Waals surface area contributed by atoms with Crippen molar-refractivity contribution in [2.24, 2.45) is 34.5 Å². The Morgan fingerprint density at radius 1 is 1.08 bits per heavy atom. The van der Waals surface area contributed by atoms with Gasteiger partial charge in [-0.15, -0.1) is 0 Å². The molecule has 0 bridgehead atoms. The molecule has 1 unspecified atom stereocenters. The van der Waals surface area contributed by atoms with Crippen molar-refractivity contribution in [1.82, 2.24) is 4.72 Å². The summed E-state index contributed by atoms with van der Waals surface area (Å²) in [5, 5.41) is 0. The molecule has 4 aliphatic rings. The van der Waals surface area contributed by atoms with Gasteiger partial charge in [-0.05, 0) is 80.5 Å². The molecule has 8 atom stereocenters. The Bertz CT molecular complexity index is 567. The molecule has 0 aromatic rings. The Morgan fingerprint density at radius 3 is 2.62 bits per heavy atom. The smallest absolute Gasteiger partial charge is 0.231 e. The predicted octanol–water partition coefficient (Wildman–Crippen LogP) is 3.69. The zero-order valence-electron chi connectivity index (χ0n) is 14.9. The van der Waals surface area contributed by atoms with E-state index in [4.69, 9.17) is 4.55 Å². The summed E-state index contributed by atoms with van der Waals surface area (Å²) in [5.74, 6) is 3.28. The maximum Gasteiger partial charge on any atom is 0.231 e. The molecule has 5 heteroatoms. The van der Waals surface area contributed by atoms with Gasteiger partial charge in [0.2, 0.25) is 11.3 Å². The predicted molar refractivity (Wildman–Crippen MR) is 94.4 cm³/mol. The van der Waals surface area contributed by atoms with Crippen molar-refractivity contribution in [2.45, 2.75) is 77.7 Å². The highest BCUT2D eigenvalue weighted by molar-refractivity contribution is 7.77. The summed E-state index contributed by atoms with van der Waals surface area (Å²) < 4.78 is 23.1. The summed E-state index contributed by atoms with van der Waals surface area (Å²) in [7, 11) is 0. The summed E-state index contributed by atoms with van der Waals surface area (Å²) in [4.78, 5) is 12.5. The van der Waals surface area contributed by atoms with Crippen LogP contribution in [0.25, 0.3) is 0 Å². The quantitative estimate of drug-likeness (QED) is 0.744. The lowest BCUT2D eigenvalue weighted by Crippen LogP contribution is -2.55. The Hall–Kier alpha value is -0.260. The number of carbonyl (C=O) groups excluding carboxylic acids is 1. The molecule has 136 valence electrons. The van der Waals surface area contributed by atoms with Crippen molar-refractivity contribution in [3.05, 3.63) is 0 Å². The van der Waals surface area contributed by atoms with E-state index in [9.17, 15) is 9.00 Å². The lowest BCUT2D eigenvalue weighted by atomic mass is 9.45. The zero-order valence-corrected chi connectivity index (χ0v) is 15.7. The van der Waals surface area contributed by atoms with Crippen molar-refractivity contribution >= 4 is 17.0 Å². The second-order valence-corrected chi connectivity index (χ2v) is 10.1. The first-order chi connectivity index (χ1) is 11.3. The Morgan fingerprint density at radius 2 is 1.88 bits per heavy atom. The summed E-state index contributed by atoms with van der Waals surface area (Å²) in [6, 6.07) is 0.187. The molecule has 4 aliphatic carbocycles. The number of fused-ring (bicyclic) bond motifs is 5. The number of hydrogen-bond donors (Lipinski definition) is 2. The van der Waals surface area contributed by atoms with Gasteiger partial charge in [0.15, 0.2) is 0 Å². The fraction of sp³-hybridized carbons (Fsp3) is 0.947. The average molecular weight is 354 g/mol. The van der Waals surface area contributed by atoms with Crippen molar-refractivity contribution in [2.75, 3.05) is 0 Å². The van der Waals surface area contributed by atoms with Crippen molar-refractivity contribution < 1.29 is 13.6 Å². The molecule has 0 aliphatic heterocycles. The van der Waals surface area contributed by atoms with Gasteiger partial charge in [-0.3, -0.25) is 9.35 Å². The third kappa shape index (κ3) is 2.45. The number of nitrogens with one attached hydrogen (secondary N) is 1. The molecular formula is C19H31NO3S. The van der Waals surface area contributed by atoms with Gasteiger partial charge in [0, 0.05) is 17.9 Å². The first-order valence-corrected chi connectivity index (χ1v) is 10.9. The van der Waals surface area contributed by atoms with E-state index >= 15 is 0 Å². The summed E-state index contributed by atoms with van der Waals surface area (Å²) >= 11 is -1.90. The van der Waals surface area contributed by atoms with Gasteiger partial charge in [0.05, 0.1) is 0 Å². The summed E-state index contributed by atoms with van der Waals surface area (Å²) in [6.45, 7) is 4.73. The molecule has 4 nitrogen and oxygen atoms in total. The molecule has 4 saturated carbocycles. The largest absolute Gasteiger partial charge is 0.299 e. The maximum atomic E-state index is 12.5. The highest BCUT2D eigenvalue weighted by Gasteiger charge is 2.60. The van der Waals surface area contributed by atoms with Crippen LogP contribution >= 0.6 is 0 Å². The molecule has 4 fully saturated rings. The van der Waals surface area contributed by atoms with Crippen LogP contribution in [0.15, 0.2) is 0 Å².